The molecular weight excluding hydrogens is 363 g/mol. The first kappa shape index (κ1) is 15.7. The van der Waals surface area contributed by atoms with Gasteiger partial charge in [0.25, 0.3) is 5.91 Å². The van der Waals surface area contributed by atoms with Gasteiger partial charge < -0.3 is 11.1 Å². The highest BCUT2D eigenvalue weighted by atomic mass is 127. The first-order chi connectivity index (χ1) is 8.17. The molecule has 0 bridgehead atoms. The summed E-state index contributed by atoms with van der Waals surface area (Å²) in [6.45, 7) is 0.530. The van der Waals surface area contributed by atoms with E-state index in [1.165, 1.54) is 0 Å². The molecule has 18 heavy (non-hydrogen) atoms. The molecule has 1 aromatic rings. The Balaban J connectivity index is 0.00000162. The summed E-state index contributed by atoms with van der Waals surface area (Å²) in [6, 6.07) is 7.63. The standard InChI is InChI=1S/C13H17IN2O.ClH/c14-11-6-2-1-5-10(11)12(17)16-13(9-15)7-3-4-8-13;/h1-2,5-6H,3-4,7-9,15H2,(H,16,17);1H. The maximum atomic E-state index is 12.2. The maximum absolute atomic E-state index is 12.2. The van der Waals surface area contributed by atoms with E-state index in [9.17, 15) is 4.79 Å². The number of benzene rings is 1. The summed E-state index contributed by atoms with van der Waals surface area (Å²) in [5, 5.41) is 3.13. The van der Waals surface area contributed by atoms with Gasteiger partial charge in [-0.2, -0.15) is 0 Å². The lowest BCUT2D eigenvalue weighted by atomic mass is 9.97. The largest absolute Gasteiger partial charge is 0.345 e. The number of nitrogens with two attached hydrogens (primary N) is 1. The number of rotatable bonds is 3. The van der Waals surface area contributed by atoms with E-state index in [1.807, 2.05) is 24.3 Å². The van der Waals surface area contributed by atoms with Crippen LogP contribution in [0.15, 0.2) is 24.3 Å². The third-order valence-corrected chi connectivity index (χ3v) is 4.39. The van der Waals surface area contributed by atoms with Crippen LogP contribution in [0.1, 0.15) is 36.0 Å². The minimum atomic E-state index is -0.171. The van der Waals surface area contributed by atoms with Crippen molar-refractivity contribution in [2.45, 2.75) is 31.2 Å². The van der Waals surface area contributed by atoms with Crippen molar-refractivity contribution in [2.24, 2.45) is 5.73 Å². The summed E-state index contributed by atoms with van der Waals surface area (Å²) in [5.74, 6) is 0.00218. The molecule has 0 saturated heterocycles. The van der Waals surface area contributed by atoms with Crippen LogP contribution < -0.4 is 11.1 Å². The van der Waals surface area contributed by atoms with E-state index >= 15 is 0 Å². The zero-order valence-electron chi connectivity index (χ0n) is 10.1. The number of halogens is 2. The van der Waals surface area contributed by atoms with Crippen LogP contribution in [0.5, 0.6) is 0 Å². The van der Waals surface area contributed by atoms with Crippen molar-refractivity contribution in [3.63, 3.8) is 0 Å². The van der Waals surface area contributed by atoms with Crippen LogP contribution in [0, 0.1) is 3.57 Å². The Kier molecular flexibility index (Phi) is 5.88. The Hall–Kier alpha value is -0.330. The second-order valence-corrected chi connectivity index (χ2v) is 5.79. The molecule has 100 valence electrons. The molecule has 1 aromatic carbocycles. The summed E-state index contributed by atoms with van der Waals surface area (Å²) in [7, 11) is 0. The van der Waals surface area contributed by atoms with Gasteiger partial charge in [-0.25, -0.2) is 0 Å². The third-order valence-electron chi connectivity index (χ3n) is 3.45. The third kappa shape index (κ3) is 3.36. The van der Waals surface area contributed by atoms with Crippen LogP contribution in [0.2, 0.25) is 0 Å². The highest BCUT2D eigenvalue weighted by Gasteiger charge is 2.34. The molecule has 5 heteroatoms. The van der Waals surface area contributed by atoms with E-state index in [2.05, 4.69) is 27.9 Å². The molecule has 2 rings (SSSR count). The highest BCUT2D eigenvalue weighted by molar-refractivity contribution is 14.1. The van der Waals surface area contributed by atoms with Crippen molar-refractivity contribution < 1.29 is 4.79 Å². The molecule has 1 aliphatic rings. The molecule has 3 N–H and O–H groups in total. The molecule has 1 fully saturated rings. The monoisotopic (exact) mass is 380 g/mol. The van der Waals surface area contributed by atoms with Gasteiger partial charge in [0, 0.05) is 10.1 Å². The minimum Gasteiger partial charge on any atom is -0.345 e. The molecule has 0 unspecified atom stereocenters. The second kappa shape index (κ2) is 6.73. The van der Waals surface area contributed by atoms with Gasteiger partial charge in [0.15, 0.2) is 0 Å². The van der Waals surface area contributed by atoms with Gasteiger partial charge in [-0.05, 0) is 47.6 Å². The fraction of sp³-hybridized carbons (Fsp3) is 0.462. The highest BCUT2D eigenvalue weighted by Crippen LogP contribution is 2.29. The van der Waals surface area contributed by atoms with Gasteiger partial charge in [0.05, 0.1) is 11.1 Å². The Morgan fingerprint density at radius 3 is 2.50 bits per heavy atom. The normalized spacial score (nSPS) is 17.0. The summed E-state index contributed by atoms with van der Waals surface area (Å²) < 4.78 is 0.979. The molecule has 0 spiro atoms. The van der Waals surface area contributed by atoms with Crippen LogP contribution in [0.3, 0.4) is 0 Å². The van der Waals surface area contributed by atoms with Gasteiger partial charge in [0.1, 0.15) is 0 Å². The molecular formula is C13H18ClIN2O. The van der Waals surface area contributed by atoms with E-state index in [0.29, 0.717) is 6.54 Å². The lowest BCUT2D eigenvalue weighted by Crippen LogP contribution is -2.51. The van der Waals surface area contributed by atoms with Crippen LogP contribution in [-0.4, -0.2) is 18.0 Å². The predicted octanol–water partition coefficient (Wildman–Crippen LogP) is 2.71. The molecule has 3 nitrogen and oxygen atoms in total. The van der Waals surface area contributed by atoms with E-state index in [1.54, 1.807) is 0 Å². The molecule has 0 radical (unpaired) electrons. The van der Waals surface area contributed by atoms with Crippen molar-refractivity contribution >= 4 is 40.9 Å². The van der Waals surface area contributed by atoms with E-state index in [0.717, 1.165) is 34.8 Å². The second-order valence-electron chi connectivity index (χ2n) is 4.63. The Morgan fingerprint density at radius 1 is 1.33 bits per heavy atom. The van der Waals surface area contributed by atoms with Crippen LogP contribution in [-0.2, 0) is 0 Å². The SMILES string of the molecule is Cl.NCC1(NC(=O)c2ccccc2I)CCCC1. The maximum Gasteiger partial charge on any atom is 0.252 e. The van der Waals surface area contributed by atoms with Crippen LogP contribution in [0.4, 0.5) is 0 Å². The number of hydrogen-bond donors (Lipinski definition) is 2. The van der Waals surface area contributed by atoms with E-state index in [4.69, 9.17) is 5.73 Å². The molecule has 1 aliphatic carbocycles. The Morgan fingerprint density at radius 2 is 1.94 bits per heavy atom. The molecule has 0 aromatic heterocycles. The van der Waals surface area contributed by atoms with Gasteiger partial charge in [-0.3, -0.25) is 4.79 Å². The van der Waals surface area contributed by atoms with E-state index < -0.39 is 0 Å². The quantitative estimate of drug-likeness (QED) is 0.792. The topological polar surface area (TPSA) is 55.1 Å². The Bertz CT molecular complexity index is 419. The fourth-order valence-corrected chi connectivity index (χ4v) is 3.02. The van der Waals surface area contributed by atoms with Gasteiger partial charge >= 0.3 is 0 Å². The molecule has 0 aliphatic heterocycles. The lowest BCUT2D eigenvalue weighted by molar-refractivity contribution is 0.0902. The average molecular weight is 381 g/mol. The predicted molar refractivity (Wildman–Crippen MR) is 84.1 cm³/mol. The molecule has 1 amide bonds. The van der Waals surface area contributed by atoms with Crippen molar-refractivity contribution in [3.8, 4) is 0 Å². The van der Waals surface area contributed by atoms with Gasteiger partial charge in [-0.1, -0.05) is 25.0 Å². The number of amides is 1. The van der Waals surface area contributed by atoms with Crippen molar-refractivity contribution in [1.29, 1.82) is 0 Å². The van der Waals surface area contributed by atoms with Crippen LogP contribution >= 0.6 is 35.0 Å². The number of nitrogens with one attached hydrogen (secondary N) is 1. The van der Waals surface area contributed by atoms with Crippen molar-refractivity contribution in [2.75, 3.05) is 6.54 Å². The van der Waals surface area contributed by atoms with Gasteiger partial charge in [-0.15, -0.1) is 12.4 Å². The van der Waals surface area contributed by atoms with E-state index in [-0.39, 0.29) is 23.9 Å². The van der Waals surface area contributed by atoms with Crippen molar-refractivity contribution in [1.82, 2.24) is 5.32 Å². The molecule has 1 saturated carbocycles. The van der Waals surface area contributed by atoms with Gasteiger partial charge in [0.2, 0.25) is 0 Å². The number of hydrogen-bond acceptors (Lipinski definition) is 2. The van der Waals surface area contributed by atoms with Crippen molar-refractivity contribution in [3.05, 3.63) is 33.4 Å². The first-order valence-electron chi connectivity index (χ1n) is 5.94. The average Bonchev–Trinajstić information content (AvgIpc) is 2.79. The summed E-state index contributed by atoms with van der Waals surface area (Å²) in [6.07, 6.45) is 4.31. The summed E-state index contributed by atoms with van der Waals surface area (Å²) >= 11 is 2.19. The minimum absolute atomic E-state index is 0. The summed E-state index contributed by atoms with van der Waals surface area (Å²) in [4.78, 5) is 12.2. The fourth-order valence-electron chi connectivity index (χ4n) is 2.39. The lowest BCUT2D eigenvalue weighted by Gasteiger charge is -2.28. The number of carbonyl (C=O) groups excluding carboxylic acids is 1. The first-order valence-corrected chi connectivity index (χ1v) is 7.02. The zero-order chi connectivity index (χ0) is 12.3. The Labute approximate surface area is 127 Å². The van der Waals surface area contributed by atoms with Crippen LogP contribution in [0.25, 0.3) is 0 Å². The molecule has 0 atom stereocenters. The molecule has 0 heterocycles. The number of carbonyl (C=O) groups is 1. The zero-order valence-corrected chi connectivity index (χ0v) is 13.1. The smallest absolute Gasteiger partial charge is 0.252 e. The summed E-state index contributed by atoms with van der Waals surface area (Å²) in [5.41, 5.74) is 6.39.